The number of nitrogens with one attached hydrogen (secondary N) is 1. The zero-order valence-electron chi connectivity index (χ0n) is 18.1. The number of nitrogens with zero attached hydrogens (tertiary/aromatic N) is 3. The number of halogens is 3. The maximum atomic E-state index is 13.5. The minimum atomic E-state index is -4.89. The normalized spacial score (nSPS) is 14.6. The van der Waals surface area contributed by atoms with Crippen LogP contribution in [0.3, 0.4) is 0 Å². The van der Waals surface area contributed by atoms with E-state index in [0.29, 0.717) is 31.5 Å². The number of likely N-dealkylation sites (tertiary alicyclic amines) is 1. The number of anilines is 1. The Bertz CT molecular complexity index is 1160. The molecule has 34 heavy (non-hydrogen) atoms. The molecule has 3 heterocycles. The highest BCUT2D eigenvalue weighted by molar-refractivity contribution is 6.03. The summed E-state index contributed by atoms with van der Waals surface area (Å²) < 4.78 is 50.1. The molecule has 0 radical (unpaired) electrons. The van der Waals surface area contributed by atoms with Crippen LogP contribution in [0.25, 0.3) is 11.5 Å². The monoisotopic (exact) mass is 474 g/mol. The average Bonchev–Trinajstić information content (AvgIpc) is 3.31. The van der Waals surface area contributed by atoms with Crippen LogP contribution in [0.4, 0.5) is 23.7 Å². The van der Waals surface area contributed by atoms with Crippen molar-refractivity contribution < 1.29 is 31.9 Å². The first-order valence-corrected chi connectivity index (χ1v) is 10.5. The molecule has 0 bridgehead atoms. The van der Waals surface area contributed by atoms with Crippen molar-refractivity contribution >= 4 is 17.7 Å². The molecule has 2 aromatic heterocycles. The Kier molecular flexibility index (Phi) is 6.53. The Labute approximate surface area is 192 Å². The summed E-state index contributed by atoms with van der Waals surface area (Å²) in [6, 6.07) is 11.3. The summed E-state index contributed by atoms with van der Waals surface area (Å²) in [5, 5.41) is 2.40. The maximum Gasteiger partial charge on any atom is 0.452 e. The fourth-order valence-corrected chi connectivity index (χ4v) is 3.77. The molecule has 1 aromatic carbocycles. The predicted molar refractivity (Wildman–Crippen MR) is 115 cm³/mol. The number of amides is 2. The van der Waals surface area contributed by atoms with Crippen LogP contribution in [0.5, 0.6) is 0 Å². The first kappa shape index (κ1) is 23.3. The third kappa shape index (κ3) is 5.03. The van der Waals surface area contributed by atoms with Gasteiger partial charge in [-0.15, -0.1) is 0 Å². The highest BCUT2D eigenvalue weighted by Gasteiger charge is 2.42. The molecule has 0 spiro atoms. The van der Waals surface area contributed by atoms with Gasteiger partial charge in [-0.05, 0) is 37.1 Å². The quantitative estimate of drug-likeness (QED) is 0.575. The van der Waals surface area contributed by atoms with E-state index in [1.165, 1.54) is 25.4 Å². The summed E-state index contributed by atoms with van der Waals surface area (Å²) >= 11 is 0. The fraction of sp³-hybridized carbons (Fsp3) is 0.304. The van der Waals surface area contributed by atoms with Crippen molar-refractivity contribution in [2.75, 3.05) is 25.5 Å². The van der Waals surface area contributed by atoms with Gasteiger partial charge in [-0.2, -0.15) is 13.2 Å². The van der Waals surface area contributed by atoms with E-state index < -0.39 is 23.5 Å². The first-order valence-electron chi connectivity index (χ1n) is 10.5. The Morgan fingerprint density at radius 1 is 1.12 bits per heavy atom. The van der Waals surface area contributed by atoms with E-state index in [2.05, 4.69) is 15.3 Å². The minimum Gasteiger partial charge on any atom is -0.453 e. The number of hydrogen-bond donors (Lipinski definition) is 1. The second kappa shape index (κ2) is 9.54. The number of piperidine rings is 1. The number of alkyl halides is 3. The maximum absolute atomic E-state index is 13.5. The molecule has 1 N–H and O–H groups in total. The summed E-state index contributed by atoms with van der Waals surface area (Å²) in [5.74, 6) is -2.71. The van der Waals surface area contributed by atoms with Gasteiger partial charge in [0.05, 0.1) is 19.0 Å². The second-order valence-corrected chi connectivity index (χ2v) is 7.72. The van der Waals surface area contributed by atoms with Crippen molar-refractivity contribution in [1.29, 1.82) is 0 Å². The van der Waals surface area contributed by atoms with Gasteiger partial charge in [-0.1, -0.05) is 18.2 Å². The first-order chi connectivity index (χ1) is 16.3. The van der Waals surface area contributed by atoms with Crippen molar-refractivity contribution in [3.05, 3.63) is 65.8 Å². The number of benzene rings is 1. The van der Waals surface area contributed by atoms with Gasteiger partial charge in [0.15, 0.2) is 5.69 Å². The molecule has 178 valence electrons. The molecule has 3 aromatic rings. The van der Waals surface area contributed by atoms with E-state index in [9.17, 15) is 22.8 Å². The lowest BCUT2D eigenvalue weighted by molar-refractivity contribution is -0.153. The number of carbonyl (C=O) groups excluding carboxylic acids is 2. The minimum absolute atomic E-state index is 0.117. The van der Waals surface area contributed by atoms with Crippen molar-refractivity contribution in [2.45, 2.75) is 24.9 Å². The summed E-state index contributed by atoms with van der Waals surface area (Å²) in [7, 11) is 1.34. The number of aromatic nitrogens is 2. The third-order valence-electron chi connectivity index (χ3n) is 5.51. The van der Waals surface area contributed by atoms with Crippen molar-refractivity contribution in [2.24, 2.45) is 0 Å². The van der Waals surface area contributed by atoms with E-state index in [1.54, 1.807) is 35.2 Å². The highest BCUT2D eigenvalue weighted by atomic mass is 19.4. The zero-order chi connectivity index (χ0) is 24.3. The van der Waals surface area contributed by atoms with Gasteiger partial charge in [0.1, 0.15) is 0 Å². The number of hydrogen-bond acceptors (Lipinski definition) is 6. The van der Waals surface area contributed by atoms with Crippen molar-refractivity contribution in [3.8, 4) is 11.5 Å². The molecule has 1 saturated heterocycles. The van der Waals surface area contributed by atoms with Crippen molar-refractivity contribution in [3.63, 3.8) is 0 Å². The predicted octanol–water partition coefficient (Wildman–Crippen LogP) is 4.95. The van der Waals surface area contributed by atoms with Crippen LogP contribution in [0.15, 0.2) is 53.1 Å². The molecule has 2 amide bonds. The Morgan fingerprint density at radius 3 is 2.41 bits per heavy atom. The van der Waals surface area contributed by atoms with Gasteiger partial charge >= 0.3 is 12.3 Å². The molecule has 0 atom stereocenters. The summed E-state index contributed by atoms with van der Waals surface area (Å²) in [5.41, 5.74) is 0.450. The van der Waals surface area contributed by atoms with Gasteiger partial charge in [0.25, 0.3) is 5.91 Å². The number of oxazole rings is 1. The molecule has 1 aliphatic heterocycles. The zero-order valence-corrected chi connectivity index (χ0v) is 18.1. The van der Waals surface area contributed by atoms with Crippen LogP contribution in [0, 0.1) is 0 Å². The smallest absolute Gasteiger partial charge is 0.452 e. The summed E-state index contributed by atoms with van der Waals surface area (Å²) in [6.07, 6.45) is -2.49. The lowest BCUT2D eigenvalue weighted by atomic mass is 9.93. The van der Waals surface area contributed by atoms with Crippen LogP contribution in [0.1, 0.15) is 40.7 Å². The van der Waals surface area contributed by atoms with E-state index >= 15 is 0 Å². The lowest BCUT2D eigenvalue weighted by Gasteiger charge is -2.30. The SMILES string of the molecule is COC(=O)N1CCC(c2ccc(NC(=O)c3nc(-c4ccccc4)oc3C(F)(F)F)cn2)CC1. The van der Waals surface area contributed by atoms with Crippen LogP contribution >= 0.6 is 0 Å². The molecule has 1 aliphatic rings. The Morgan fingerprint density at radius 2 is 1.82 bits per heavy atom. The lowest BCUT2D eigenvalue weighted by Crippen LogP contribution is -2.37. The summed E-state index contributed by atoms with van der Waals surface area (Å²) in [4.78, 5) is 34.0. The molecule has 0 saturated carbocycles. The van der Waals surface area contributed by atoms with Crippen LogP contribution in [0.2, 0.25) is 0 Å². The van der Waals surface area contributed by atoms with E-state index in [0.717, 1.165) is 5.69 Å². The molecule has 11 heteroatoms. The van der Waals surface area contributed by atoms with E-state index in [1.807, 2.05) is 0 Å². The van der Waals surface area contributed by atoms with Gasteiger partial charge in [0.2, 0.25) is 11.7 Å². The molecule has 1 fully saturated rings. The fourth-order valence-electron chi connectivity index (χ4n) is 3.77. The summed E-state index contributed by atoms with van der Waals surface area (Å²) in [6.45, 7) is 1.07. The number of rotatable bonds is 4. The average molecular weight is 474 g/mol. The number of carbonyl (C=O) groups is 2. The molecule has 4 rings (SSSR count). The van der Waals surface area contributed by atoms with Gasteiger partial charge in [0, 0.05) is 30.3 Å². The van der Waals surface area contributed by atoms with Crippen molar-refractivity contribution in [1.82, 2.24) is 14.9 Å². The topological polar surface area (TPSA) is 97.6 Å². The van der Waals surface area contributed by atoms with Gasteiger partial charge < -0.3 is 19.4 Å². The number of methoxy groups -OCH3 is 1. The standard InChI is InChI=1S/C23H21F3N4O4/c1-33-22(32)30-11-9-14(10-12-30)17-8-7-16(13-27-17)28-20(31)18-19(23(24,25)26)34-21(29-18)15-5-3-2-4-6-15/h2-8,13-14H,9-12H2,1H3,(H,28,31). The molecule has 0 aliphatic carbocycles. The van der Waals surface area contributed by atoms with Crippen LogP contribution in [-0.2, 0) is 10.9 Å². The molecular weight excluding hydrogens is 453 g/mol. The molecule has 0 unspecified atom stereocenters. The van der Waals surface area contributed by atoms with Gasteiger partial charge in [-0.25, -0.2) is 9.78 Å². The molecular formula is C23H21F3N4O4. The van der Waals surface area contributed by atoms with E-state index in [-0.39, 0.29) is 23.6 Å². The highest BCUT2D eigenvalue weighted by Crippen LogP contribution is 2.35. The Hall–Kier alpha value is -3.89. The van der Waals surface area contributed by atoms with Gasteiger partial charge in [-0.3, -0.25) is 9.78 Å². The second-order valence-electron chi connectivity index (χ2n) is 7.72. The third-order valence-corrected chi connectivity index (χ3v) is 5.51. The largest absolute Gasteiger partial charge is 0.453 e. The number of pyridine rings is 1. The van der Waals surface area contributed by atoms with E-state index in [4.69, 9.17) is 9.15 Å². The van der Waals surface area contributed by atoms with Crippen LogP contribution in [-0.4, -0.2) is 47.1 Å². The Balaban J connectivity index is 1.47. The van der Waals surface area contributed by atoms with Crippen LogP contribution < -0.4 is 5.32 Å². The number of ether oxygens (including phenoxy) is 1. The molecule has 8 nitrogen and oxygen atoms in total.